The Bertz CT molecular complexity index is 970. The average Bonchev–Trinajstić information content (AvgIpc) is 2.80. The van der Waals surface area contributed by atoms with E-state index in [0.717, 1.165) is 49.5 Å². The lowest BCUT2D eigenvalue weighted by Crippen LogP contribution is -2.51. The number of hydrogen-bond donors (Lipinski definition) is 0. The summed E-state index contributed by atoms with van der Waals surface area (Å²) in [6, 6.07) is 6.13. The van der Waals surface area contributed by atoms with Crippen LogP contribution in [0.15, 0.2) is 67.1 Å². The molecule has 0 unspecified atom stereocenters. The minimum absolute atomic E-state index is 0.0577. The van der Waals surface area contributed by atoms with Gasteiger partial charge in [-0.15, -0.1) is 0 Å². The van der Waals surface area contributed by atoms with Gasteiger partial charge in [-0.2, -0.15) is 0 Å². The lowest BCUT2D eigenvalue weighted by atomic mass is 10.0. The summed E-state index contributed by atoms with van der Waals surface area (Å²) in [7, 11) is 0. The van der Waals surface area contributed by atoms with Crippen molar-refractivity contribution >= 4 is 11.8 Å². The zero-order valence-electron chi connectivity index (χ0n) is 20.2. The molecule has 3 rings (SSSR count). The van der Waals surface area contributed by atoms with Crippen LogP contribution in [0.2, 0.25) is 0 Å². The molecule has 6 nitrogen and oxygen atoms in total. The quantitative estimate of drug-likeness (QED) is 0.599. The molecule has 2 fully saturated rings. The molecule has 2 amide bonds. The largest absolute Gasteiger partial charge is 0.372 e. The van der Waals surface area contributed by atoms with Crippen molar-refractivity contribution < 1.29 is 9.59 Å². The molecule has 0 aliphatic carbocycles. The highest BCUT2D eigenvalue weighted by atomic mass is 16.2. The zero-order valence-corrected chi connectivity index (χ0v) is 20.2. The minimum atomic E-state index is -0.0669. The predicted molar refractivity (Wildman–Crippen MR) is 134 cm³/mol. The third-order valence-corrected chi connectivity index (χ3v) is 6.46. The van der Waals surface area contributed by atoms with Gasteiger partial charge in [-0.1, -0.05) is 37.4 Å². The van der Waals surface area contributed by atoms with Crippen LogP contribution in [-0.2, 0) is 11.3 Å². The number of carbonyl (C=O) groups excluding carboxylic acids is 2. The topological polar surface area (TPSA) is 47.1 Å². The molecular formula is C27H36N4O2. The Labute approximate surface area is 198 Å². The zero-order chi connectivity index (χ0) is 24.0. The van der Waals surface area contributed by atoms with Crippen molar-refractivity contribution in [2.75, 3.05) is 45.8 Å². The number of carbonyl (C=O) groups is 2. The van der Waals surface area contributed by atoms with Crippen LogP contribution < -0.4 is 0 Å². The van der Waals surface area contributed by atoms with Crippen LogP contribution in [0, 0.1) is 6.92 Å². The number of aryl methyl sites for hydroxylation is 1. The summed E-state index contributed by atoms with van der Waals surface area (Å²) in [6.45, 7) is 19.3. The maximum atomic E-state index is 13.3. The van der Waals surface area contributed by atoms with Crippen molar-refractivity contribution in [1.82, 2.24) is 19.6 Å². The van der Waals surface area contributed by atoms with Crippen LogP contribution in [-0.4, -0.2) is 77.2 Å². The first-order valence-corrected chi connectivity index (χ1v) is 11.6. The molecule has 0 aromatic heterocycles. The lowest BCUT2D eigenvalue weighted by Gasteiger charge is -2.36. The summed E-state index contributed by atoms with van der Waals surface area (Å²) in [5, 5.41) is 0. The first-order chi connectivity index (χ1) is 15.8. The van der Waals surface area contributed by atoms with Gasteiger partial charge in [0.1, 0.15) is 6.54 Å². The molecule has 176 valence electrons. The van der Waals surface area contributed by atoms with Gasteiger partial charge >= 0.3 is 0 Å². The molecule has 1 aromatic carbocycles. The van der Waals surface area contributed by atoms with E-state index in [2.05, 4.69) is 42.0 Å². The van der Waals surface area contributed by atoms with Gasteiger partial charge in [0, 0.05) is 62.8 Å². The number of hydrogen-bond acceptors (Lipinski definition) is 4. The monoisotopic (exact) mass is 448 g/mol. The van der Waals surface area contributed by atoms with E-state index in [1.807, 2.05) is 38.1 Å². The van der Waals surface area contributed by atoms with Crippen molar-refractivity contribution in [3.8, 4) is 0 Å². The summed E-state index contributed by atoms with van der Waals surface area (Å²) in [5.74, 6) is -0.125. The van der Waals surface area contributed by atoms with E-state index in [0.29, 0.717) is 18.7 Å². The van der Waals surface area contributed by atoms with E-state index < -0.39 is 0 Å². The second-order valence-electron chi connectivity index (χ2n) is 8.77. The van der Waals surface area contributed by atoms with Crippen molar-refractivity contribution in [3.05, 3.63) is 83.7 Å². The molecular weight excluding hydrogens is 412 g/mol. The molecule has 0 atom stereocenters. The molecule has 33 heavy (non-hydrogen) atoms. The molecule has 1 aromatic rings. The number of nitrogens with zero attached hydrogens (tertiary/aromatic N) is 4. The van der Waals surface area contributed by atoms with Gasteiger partial charge < -0.3 is 14.7 Å². The van der Waals surface area contributed by atoms with Gasteiger partial charge in [0.15, 0.2) is 0 Å². The summed E-state index contributed by atoms with van der Waals surface area (Å²) >= 11 is 0. The summed E-state index contributed by atoms with van der Waals surface area (Å²) in [5.41, 5.74) is 4.87. The Morgan fingerprint density at radius 2 is 1.58 bits per heavy atom. The Morgan fingerprint density at radius 3 is 2.21 bits per heavy atom. The first-order valence-electron chi connectivity index (χ1n) is 11.6. The summed E-state index contributed by atoms with van der Waals surface area (Å²) in [4.78, 5) is 34.1. The molecule has 0 radical (unpaired) electrons. The lowest BCUT2D eigenvalue weighted by molar-refractivity contribution is -0.132. The Balaban J connectivity index is 1.64. The second-order valence-corrected chi connectivity index (χ2v) is 8.77. The highest BCUT2D eigenvalue weighted by molar-refractivity contribution is 5.98. The van der Waals surface area contributed by atoms with Crippen LogP contribution in [0.25, 0.3) is 0 Å². The average molecular weight is 449 g/mol. The molecule has 0 N–H and O–H groups in total. The van der Waals surface area contributed by atoms with Crippen LogP contribution in [0.5, 0.6) is 0 Å². The van der Waals surface area contributed by atoms with Crippen molar-refractivity contribution in [1.29, 1.82) is 0 Å². The van der Waals surface area contributed by atoms with Gasteiger partial charge in [-0.05, 0) is 50.1 Å². The third kappa shape index (κ3) is 6.02. The molecule has 2 saturated heterocycles. The molecule has 0 bridgehead atoms. The maximum absolute atomic E-state index is 13.3. The van der Waals surface area contributed by atoms with Crippen LogP contribution in [0.1, 0.15) is 35.3 Å². The number of amides is 2. The van der Waals surface area contributed by atoms with Crippen LogP contribution in [0.4, 0.5) is 0 Å². The maximum Gasteiger partial charge on any atom is 0.254 e. The fourth-order valence-corrected chi connectivity index (χ4v) is 4.44. The first kappa shape index (κ1) is 24.5. The fraction of sp³-hybridized carbons (Fsp3) is 0.407. The van der Waals surface area contributed by atoms with Crippen molar-refractivity contribution in [2.24, 2.45) is 0 Å². The highest BCUT2D eigenvalue weighted by Gasteiger charge is 2.29. The highest BCUT2D eigenvalue weighted by Crippen LogP contribution is 2.19. The molecule has 2 aliphatic heterocycles. The van der Waals surface area contributed by atoms with Crippen LogP contribution >= 0.6 is 0 Å². The smallest absolute Gasteiger partial charge is 0.254 e. The molecule has 2 aliphatic rings. The van der Waals surface area contributed by atoms with E-state index in [-0.39, 0.29) is 18.4 Å². The van der Waals surface area contributed by atoms with E-state index in [9.17, 15) is 9.59 Å². The summed E-state index contributed by atoms with van der Waals surface area (Å²) in [6.07, 6.45) is 7.38. The summed E-state index contributed by atoms with van der Waals surface area (Å²) < 4.78 is 0. The molecule has 0 saturated carbocycles. The van der Waals surface area contributed by atoms with E-state index in [1.165, 1.54) is 5.70 Å². The Kier molecular flexibility index (Phi) is 8.28. The minimum Gasteiger partial charge on any atom is -0.372 e. The molecule has 2 heterocycles. The van der Waals surface area contributed by atoms with E-state index in [4.69, 9.17) is 0 Å². The van der Waals surface area contributed by atoms with Gasteiger partial charge in [-0.3, -0.25) is 14.5 Å². The molecule has 6 heteroatoms. The van der Waals surface area contributed by atoms with Gasteiger partial charge in [-0.25, -0.2) is 0 Å². The van der Waals surface area contributed by atoms with Crippen molar-refractivity contribution in [2.45, 2.75) is 27.3 Å². The number of piperazine rings is 2. The second kappa shape index (κ2) is 11.1. The fourth-order valence-electron chi connectivity index (χ4n) is 4.44. The van der Waals surface area contributed by atoms with Crippen LogP contribution in [0.3, 0.4) is 0 Å². The standard InChI is InChI=1S/C27H36N4O2/c1-6-8-22(4)29-14-12-28(13-15-29)19-24-11-10-21(3)25(18-24)27(33)30-16-17-31(26(32)20-30)23(5)9-7-2/h6-11,18H,1-2,12-17,19-20H2,3-5H3/b22-8+,23-9+. The predicted octanol–water partition coefficient (Wildman–Crippen LogP) is 3.58. The van der Waals surface area contributed by atoms with Gasteiger partial charge in [0.05, 0.1) is 0 Å². The normalized spacial score (nSPS) is 18.5. The van der Waals surface area contributed by atoms with Gasteiger partial charge in [0.2, 0.25) is 5.91 Å². The van der Waals surface area contributed by atoms with E-state index >= 15 is 0 Å². The van der Waals surface area contributed by atoms with Crippen molar-refractivity contribution in [3.63, 3.8) is 0 Å². The number of allylic oxidation sites excluding steroid dienone is 6. The van der Waals surface area contributed by atoms with E-state index in [1.54, 1.807) is 15.9 Å². The van der Waals surface area contributed by atoms with Gasteiger partial charge in [0.25, 0.3) is 5.91 Å². The number of benzene rings is 1. The SMILES string of the molecule is C=C/C=C(\C)N1CCN(Cc2ccc(C)c(C(=O)N3CCN(/C(C)=C/C=C)C(=O)C3)c2)CC1. The third-order valence-electron chi connectivity index (χ3n) is 6.46. The Hall–Kier alpha value is -3.12. The Morgan fingerprint density at radius 1 is 0.939 bits per heavy atom. The molecule has 0 spiro atoms. The number of rotatable bonds is 7.